The number of esters is 1. The van der Waals surface area contributed by atoms with Gasteiger partial charge in [-0.05, 0) is 43.5 Å². The zero-order valence-electron chi connectivity index (χ0n) is 10.0. The second-order valence-corrected chi connectivity index (χ2v) is 4.09. The van der Waals surface area contributed by atoms with Crippen molar-refractivity contribution < 1.29 is 14.3 Å². The van der Waals surface area contributed by atoms with Crippen LogP contribution in [-0.4, -0.2) is 18.5 Å². The third-order valence-corrected chi connectivity index (χ3v) is 2.84. The summed E-state index contributed by atoms with van der Waals surface area (Å²) in [5.74, 6) is -0.273. The molecule has 1 amide bonds. The summed E-state index contributed by atoms with van der Waals surface area (Å²) in [4.78, 5) is 23.0. The second-order valence-electron chi connectivity index (χ2n) is 4.09. The first-order valence-corrected chi connectivity index (χ1v) is 5.72. The van der Waals surface area contributed by atoms with E-state index in [2.05, 4.69) is 5.32 Å². The maximum atomic E-state index is 11.7. The SMILES string of the molecule is CCOC(=O)c1cc2c(cc1C)NC(=O)CC2. The lowest BCUT2D eigenvalue weighted by Gasteiger charge is -2.18. The molecule has 0 atom stereocenters. The van der Waals surface area contributed by atoms with Crippen molar-refractivity contribution in [1.29, 1.82) is 0 Å². The highest BCUT2D eigenvalue weighted by Crippen LogP contribution is 2.26. The van der Waals surface area contributed by atoms with Gasteiger partial charge in [0.2, 0.25) is 5.91 Å². The van der Waals surface area contributed by atoms with Gasteiger partial charge in [0.05, 0.1) is 12.2 Å². The molecule has 0 radical (unpaired) electrons. The number of benzene rings is 1. The fourth-order valence-electron chi connectivity index (χ4n) is 1.97. The van der Waals surface area contributed by atoms with E-state index < -0.39 is 0 Å². The zero-order valence-corrected chi connectivity index (χ0v) is 10.0. The summed E-state index contributed by atoms with van der Waals surface area (Å²) in [5.41, 5.74) is 3.22. The number of hydrogen-bond acceptors (Lipinski definition) is 3. The first-order chi connectivity index (χ1) is 8.11. The molecule has 0 aromatic heterocycles. The molecular weight excluding hydrogens is 218 g/mol. The van der Waals surface area contributed by atoms with Gasteiger partial charge in [-0.3, -0.25) is 4.79 Å². The van der Waals surface area contributed by atoms with E-state index in [9.17, 15) is 9.59 Å². The lowest BCUT2D eigenvalue weighted by molar-refractivity contribution is -0.116. The Labute approximate surface area is 100.0 Å². The third kappa shape index (κ3) is 2.30. The molecule has 2 rings (SSSR count). The second kappa shape index (κ2) is 4.57. The quantitative estimate of drug-likeness (QED) is 0.795. The van der Waals surface area contributed by atoms with E-state index in [-0.39, 0.29) is 11.9 Å². The Morgan fingerprint density at radius 2 is 2.18 bits per heavy atom. The van der Waals surface area contributed by atoms with Crippen molar-refractivity contribution in [2.24, 2.45) is 0 Å². The number of hydrogen-bond donors (Lipinski definition) is 1. The van der Waals surface area contributed by atoms with E-state index in [1.807, 2.05) is 19.1 Å². The minimum atomic E-state index is -0.301. The number of carbonyl (C=O) groups excluding carboxylic acids is 2. The Morgan fingerprint density at radius 3 is 2.88 bits per heavy atom. The zero-order chi connectivity index (χ0) is 12.4. The highest BCUT2D eigenvalue weighted by Gasteiger charge is 2.19. The maximum absolute atomic E-state index is 11.7. The number of amides is 1. The summed E-state index contributed by atoms with van der Waals surface area (Å²) in [6.45, 7) is 3.99. The van der Waals surface area contributed by atoms with Crippen LogP contribution in [0.2, 0.25) is 0 Å². The molecule has 90 valence electrons. The van der Waals surface area contributed by atoms with Crippen molar-refractivity contribution in [3.8, 4) is 0 Å². The van der Waals surface area contributed by atoms with Gasteiger partial charge in [-0.2, -0.15) is 0 Å². The topological polar surface area (TPSA) is 55.4 Å². The van der Waals surface area contributed by atoms with Gasteiger partial charge in [-0.15, -0.1) is 0 Å². The number of nitrogens with one attached hydrogen (secondary N) is 1. The molecule has 4 heteroatoms. The predicted octanol–water partition coefficient (Wildman–Crippen LogP) is 2.06. The Balaban J connectivity index is 2.37. The molecule has 1 aromatic carbocycles. The molecular formula is C13H15NO3. The van der Waals surface area contributed by atoms with E-state index in [0.717, 1.165) is 16.8 Å². The largest absolute Gasteiger partial charge is 0.462 e. The van der Waals surface area contributed by atoms with Crippen LogP contribution in [0, 0.1) is 6.92 Å². The molecule has 0 aliphatic carbocycles. The molecule has 17 heavy (non-hydrogen) atoms. The normalized spacial score (nSPS) is 13.9. The molecule has 0 saturated carbocycles. The van der Waals surface area contributed by atoms with Gasteiger partial charge in [0.15, 0.2) is 0 Å². The average Bonchev–Trinajstić information content (AvgIpc) is 2.28. The smallest absolute Gasteiger partial charge is 0.338 e. The molecule has 4 nitrogen and oxygen atoms in total. The third-order valence-electron chi connectivity index (χ3n) is 2.84. The Bertz CT molecular complexity index is 480. The van der Waals surface area contributed by atoms with Crippen molar-refractivity contribution in [2.75, 3.05) is 11.9 Å². The number of rotatable bonds is 2. The van der Waals surface area contributed by atoms with Crippen LogP contribution in [0.15, 0.2) is 12.1 Å². The number of ether oxygens (including phenoxy) is 1. The summed E-state index contributed by atoms with van der Waals surface area (Å²) >= 11 is 0. The molecule has 0 fully saturated rings. The van der Waals surface area contributed by atoms with E-state index in [0.29, 0.717) is 25.0 Å². The molecule has 0 saturated heterocycles. The summed E-state index contributed by atoms with van der Waals surface area (Å²) < 4.78 is 4.99. The van der Waals surface area contributed by atoms with Gasteiger partial charge in [0.25, 0.3) is 0 Å². The molecule has 1 aliphatic rings. The van der Waals surface area contributed by atoms with Gasteiger partial charge in [-0.25, -0.2) is 4.79 Å². The number of anilines is 1. The van der Waals surface area contributed by atoms with Gasteiger partial charge < -0.3 is 10.1 Å². The van der Waals surface area contributed by atoms with E-state index in [1.54, 1.807) is 6.92 Å². The molecule has 1 aliphatic heterocycles. The maximum Gasteiger partial charge on any atom is 0.338 e. The number of fused-ring (bicyclic) bond motifs is 1. The van der Waals surface area contributed by atoms with Crippen molar-refractivity contribution in [2.45, 2.75) is 26.7 Å². The fraction of sp³-hybridized carbons (Fsp3) is 0.385. The summed E-state index contributed by atoms with van der Waals surface area (Å²) in [7, 11) is 0. The Hall–Kier alpha value is -1.84. The van der Waals surface area contributed by atoms with Crippen LogP contribution < -0.4 is 5.32 Å². The van der Waals surface area contributed by atoms with E-state index >= 15 is 0 Å². The van der Waals surface area contributed by atoms with Crippen LogP contribution in [0.25, 0.3) is 0 Å². The first kappa shape index (κ1) is 11.6. The lowest BCUT2D eigenvalue weighted by Crippen LogP contribution is -2.20. The van der Waals surface area contributed by atoms with Gasteiger partial charge in [0, 0.05) is 12.1 Å². The summed E-state index contributed by atoms with van der Waals surface area (Å²) in [6.07, 6.45) is 1.15. The minimum absolute atomic E-state index is 0.0285. The minimum Gasteiger partial charge on any atom is -0.462 e. The first-order valence-electron chi connectivity index (χ1n) is 5.72. The van der Waals surface area contributed by atoms with Crippen molar-refractivity contribution >= 4 is 17.6 Å². The van der Waals surface area contributed by atoms with Crippen LogP contribution >= 0.6 is 0 Å². The Morgan fingerprint density at radius 1 is 1.41 bits per heavy atom. The van der Waals surface area contributed by atoms with Crippen molar-refractivity contribution in [3.63, 3.8) is 0 Å². The predicted molar refractivity (Wildman–Crippen MR) is 64.1 cm³/mol. The van der Waals surface area contributed by atoms with Crippen LogP contribution in [0.3, 0.4) is 0 Å². The molecule has 1 N–H and O–H groups in total. The fourth-order valence-corrected chi connectivity index (χ4v) is 1.97. The summed E-state index contributed by atoms with van der Waals surface area (Å²) in [5, 5.41) is 2.81. The summed E-state index contributed by atoms with van der Waals surface area (Å²) in [6, 6.07) is 3.65. The van der Waals surface area contributed by atoms with Gasteiger partial charge in [-0.1, -0.05) is 0 Å². The van der Waals surface area contributed by atoms with Crippen molar-refractivity contribution in [3.05, 3.63) is 28.8 Å². The molecule has 0 spiro atoms. The van der Waals surface area contributed by atoms with Crippen LogP contribution in [-0.2, 0) is 16.0 Å². The monoisotopic (exact) mass is 233 g/mol. The average molecular weight is 233 g/mol. The van der Waals surface area contributed by atoms with Crippen molar-refractivity contribution in [1.82, 2.24) is 0 Å². The van der Waals surface area contributed by atoms with E-state index in [4.69, 9.17) is 4.74 Å². The Kier molecular flexibility index (Phi) is 3.13. The molecule has 1 heterocycles. The number of carbonyl (C=O) groups is 2. The van der Waals surface area contributed by atoms with Gasteiger partial charge in [0.1, 0.15) is 0 Å². The van der Waals surface area contributed by atoms with Crippen LogP contribution in [0.5, 0.6) is 0 Å². The van der Waals surface area contributed by atoms with Gasteiger partial charge >= 0.3 is 5.97 Å². The molecule has 1 aromatic rings. The highest BCUT2D eigenvalue weighted by molar-refractivity contribution is 5.97. The highest BCUT2D eigenvalue weighted by atomic mass is 16.5. The van der Waals surface area contributed by atoms with Crippen LogP contribution in [0.1, 0.15) is 34.8 Å². The van der Waals surface area contributed by atoms with E-state index in [1.165, 1.54) is 0 Å². The number of aryl methyl sites for hydroxylation is 2. The van der Waals surface area contributed by atoms with Crippen LogP contribution in [0.4, 0.5) is 5.69 Å². The molecule has 0 unspecified atom stereocenters. The lowest BCUT2D eigenvalue weighted by atomic mass is 9.97. The molecule has 0 bridgehead atoms. The standard InChI is InChI=1S/C13H15NO3/c1-3-17-13(16)10-7-9-4-5-12(15)14-11(9)6-8(10)2/h6-7H,3-5H2,1-2H3,(H,14,15).